The Morgan fingerprint density at radius 2 is 1.67 bits per heavy atom. The van der Waals surface area contributed by atoms with Crippen molar-refractivity contribution in [1.82, 2.24) is 4.90 Å². The van der Waals surface area contributed by atoms with Crippen LogP contribution in [0, 0.1) is 0 Å². The van der Waals surface area contributed by atoms with E-state index in [1.807, 2.05) is 71.6 Å². The van der Waals surface area contributed by atoms with E-state index in [0.29, 0.717) is 26.1 Å². The van der Waals surface area contributed by atoms with E-state index in [2.05, 4.69) is 11.0 Å². The van der Waals surface area contributed by atoms with Gasteiger partial charge in [-0.2, -0.15) is 0 Å². The Labute approximate surface area is 194 Å². The number of carbonyl (C=O) groups excluding carboxylic acids is 1. The number of anilines is 1. The number of fused-ring (bicyclic) bond motifs is 3. The van der Waals surface area contributed by atoms with Crippen LogP contribution >= 0.6 is 0 Å². The first-order valence-electron chi connectivity index (χ1n) is 11.2. The van der Waals surface area contributed by atoms with Crippen molar-refractivity contribution in [3.8, 4) is 17.2 Å². The fourth-order valence-electron chi connectivity index (χ4n) is 4.77. The summed E-state index contributed by atoms with van der Waals surface area (Å²) in [5, 5.41) is 0. The summed E-state index contributed by atoms with van der Waals surface area (Å²) in [6.07, 6.45) is 0.638. The lowest BCUT2D eigenvalue weighted by molar-refractivity contribution is -0.123. The number of likely N-dealkylation sites (tertiary alicyclic amines) is 1. The van der Waals surface area contributed by atoms with Gasteiger partial charge in [0, 0.05) is 25.1 Å². The van der Waals surface area contributed by atoms with Crippen LogP contribution in [0.3, 0.4) is 0 Å². The highest BCUT2D eigenvalue weighted by Crippen LogP contribution is 2.38. The predicted octanol–water partition coefficient (Wildman–Crippen LogP) is 4.27. The maximum Gasteiger partial charge on any atom is 0.244 e. The van der Waals surface area contributed by atoms with Gasteiger partial charge >= 0.3 is 0 Å². The van der Waals surface area contributed by atoms with Crippen LogP contribution in [0.15, 0.2) is 72.8 Å². The molecule has 3 aromatic carbocycles. The summed E-state index contributed by atoms with van der Waals surface area (Å²) in [6.45, 7) is 1.79. The molecule has 6 nitrogen and oxygen atoms in total. The van der Waals surface area contributed by atoms with Gasteiger partial charge < -0.3 is 19.1 Å². The molecule has 5 rings (SSSR count). The Morgan fingerprint density at radius 3 is 2.45 bits per heavy atom. The molecule has 2 bridgehead atoms. The molecular formula is C27H28N2O4. The van der Waals surface area contributed by atoms with Gasteiger partial charge in [0.25, 0.3) is 0 Å². The number of ether oxygens (including phenoxy) is 3. The van der Waals surface area contributed by atoms with E-state index >= 15 is 0 Å². The molecule has 2 heterocycles. The topological polar surface area (TPSA) is 51.2 Å². The Kier molecular flexibility index (Phi) is 5.92. The second kappa shape index (κ2) is 9.16. The molecule has 2 aliphatic rings. The summed E-state index contributed by atoms with van der Waals surface area (Å²) in [4.78, 5) is 18.1. The SMILES string of the molecule is COc1ccc(CN2C(=O)C3CC(CN3Cc3ccccc3OC)Oc3ccccc32)cc1. The van der Waals surface area contributed by atoms with Crippen LogP contribution in [0.2, 0.25) is 0 Å². The average molecular weight is 445 g/mol. The maximum absolute atomic E-state index is 14.0. The first kappa shape index (κ1) is 21.3. The summed E-state index contributed by atoms with van der Waals surface area (Å²) in [6, 6.07) is 23.4. The van der Waals surface area contributed by atoms with Crippen molar-refractivity contribution < 1.29 is 19.0 Å². The Bertz CT molecular complexity index is 1130. The van der Waals surface area contributed by atoms with E-state index in [4.69, 9.17) is 14.2 Å². The van der Waals surface area contributed by atoms with Gasteiger partial charge in [-0.25, -0.2) is 0 Å². The Morgan fingerprint density at radius 1 is 0.909 bits per heavy atom. The zero-order valence-corrected chi connectivity index (χ0v) is 18.9. The molecule has 0 N–H and O–H groups in total. The normalized spacial score (nSPS) is 19.9. The van der Waals surface area contributed by atoms with Crippen LogP contribution in [0.5, 0.6) is 17.2 Å². The van der Waals surface area contributed by atoms with E-state index in [1.54, 1.807) is 14.2 Å². The van der Waals surface area contributed by atoms with Crippen molar-refractivity contribution in [2.24, 2.45) is 0 Å². The van der Waals surface area contributed by atoms with Crippen LogP contribution in [0.25, 0.3) is 0 Å². The second-order valence-electron chi connectivity index (χ2n) is 8.47. The van der Waals surface area contributed by atoms with Gasteiger partial charge in [-0.05, 0) is 35.9 Å². The van der Waals surface area contributed by atoms with Crippen LogP contribution in [-0.2, 0) is 17.9 Å². The number of hydrogen-bond acceptors (Lipinski definition) is 5. The number of para-hydroxylation sites is 3. The lowest BCUT2D eigenvalue weighted by atomic mass is 10.1. The van der Waals surface area contributed by atoms with Gasteiger partial charge in [-0.3, -0.25) is 9.69 Å². The summed E-state index contributed by atoms with van der Waals surface area (Å²) < 4.78 is 17.3. The van der Waals surface area contributed by atoms with Gasteiger partial charge in [0.2, 0.25) is 5.91 Å². The minimum Gasteiger partial charge on any atom is -0.497 e. The quantitative estimate of drug-likeness (QED) is 0.568. The van der Waals surface area contributed by atoms with Crippen molar-refractivity contribution in [3.63, 3.8) is 0 Å². The molecule has 0 aromatic heterocycles. The minimum absolute atomic E-state index is 0.0297. The van der Waals surface area contributed by atoms with Crippen molar-refractivity contribution in [3.05, 3.63) is 83.9 Å². The van der Waals surface area contributed by atoms with Gasteiger partial charge in [0.1, 0.15) is 23.4 Å². The van der Waals surface area contributed by atoms with Crippen LogP contribution in [0.1, 0.15) is 17.5 Å². The molecule has 1 fully saturated rings. The first-order valence-corrected chi connectivity index (χ1v) is 11.2. The van der Waals surface area contributed by atoms with Crippen molar-refractivity contribution in [2.45, 2.75) is 31.7 Å². The van der Waals surface area contributed by atoms with E-state index in [9.17, 15) is 4.79 Å². The maximum atomic E-state index is 14.0. The Balaban J connectivity index is 1.47. The average Bonchev–Trinajstić information content (AvgIpc) is 3.26. The molecule has 2 aliphatic heterocycles. The third kappa shape index (κ3) is 4.26. The molecule has 3 aromatic rings. The number of amides is 1. The van der Waals surface area contributed by atoms with E-state index in [1.165, 1.54) is 0 Å². The molecule has 2 unspecified atom stereocenters. The van der Waals surface area contributed by atoms with Gasteiger partial charge in [-0.15, -0.1) is 0 Å². The Hall–Kier alpha value is -3.51. The molecule has 0 radical (unpaired) electrons. The van der Waals surface area contributed by atoms with Crippen LogP contribution < -0.4 is 19.1 Å². The molecule has 0 aliphatic carbocycles. The standard InChI is InChI=1S/C27H28N2O4/c1-31-21-13-11-19(12-14-21)16-29-23-8-4-6-10-26(23)33-22-15-24(27(29)30)28(18-22)17-20-7-3-5-9-25(20)32-2/h3-14,22,24H,15-18H2,1-2H3. The van der Waals surface area contributed by atoms with E-state index < -0.39 is 0 Å². The van der Waals surface area contributed by atoms with E-state index in [0.717, 1.165) is 34.1 Å². The highest BCUT2D eigenvalue weighted by molar-refractivity contribution is 5.99. The molecule has 2 atom stereocenters. The fraction of sp³-hybridized carbons (Fsp3) is 0.296. The summed E-state index contributed by atoms with van der Waals surface area (Å²) in [5.74, 6) is 2.48. The van der Waals surface area contributed by atoms with Gasteiger partial charge in [0.15, 0.2) is 0 Å². The molecule has 0 saturated carbocycles. The third-order valence-corrected chi connectivity index (χ3v) is 6.43. The predicted molar refractivity (Wildman–Crippen MR) is 127 cm³/mol. The summed E-state index contributed by atoms with van der Waals surface area (Å²) in [5.41, 5.74) is 2.91. The number of rotatable bonds is 6. The highest BCUT2D eigenvalue weighted by atomic mass is 16.5. The largest absolute Gasteiger partial charge is 0.497 e. The monoisotopic (exact) mass is 444 g/mol. The highest BCUT2D eigenvalue weighted by Gasteiger charge is 2.43. The summed E-state index contributed by atoms with van der Waals surface area (Å²) in [7, 11) is 3.33. The first-order chi connectivity index (χ1) is 16.2. The molecule has 1 amide bonds. The fourth-order valence-corrected chi connectivity index (χ4v) is 4.77. The van der Waals surface area contributed by atoms with Crippen molar-refractivity contribution in [1.29, 1.82) is 0 Å². The molecule has 33 heavy (non-hydrogen) atoms. The number of nitrogens with zero attached hydrogens (tertiary/aromatic N) is 2. The number of hydrogen-bond donors (Lipinski definition) is 0. The van der Waals surface area contributed by atoms with Crippen LogP contribution in [0.4, 0.5) is 5.69 Å². The number of methoxy groups -OCH3 is 2. The van der Waals surface area contributed by atoms with Gasteiger partial charge in [-0.1, -0.05) is 42.5 Å². The smallest absolute Gasteiger partial charge is 0.244 e. The van der Waals surface area contributed by atoms with E-state index in [-0.39, 0.29) is 18.1 Å². The zero-order valence-electron chi connectivity index (χ0n) is 18.9. The number of carbonyl (C=O) groups is 1. The number of benzene rings is 3. The molecule has 170 valence electrons. The van der Waals surface area contributed by atoms with Crippen molar-refractivity contribution in [2.75, 3.05) is 25.7 Å². The molecular weight excluding hydrogens is 416 g/mol. The van der Waals surface area contributed by atoms with Crippen molar-refractivity contribution >= 4 is 11.6 Å². The van der Waals surface area contributed by atoms with Gasteiger partial charge in [0.05, 0.1) is 32.5 Å². The minimum atomic E-state index is -0.258. The summed E-state index contributed by atoms with van der Waals surface area (Å²) >= 11 is 0. The lowest BCUT2D eigenvalue weighted by Gasteiger charge is -2.32. The third-order valence-electron chi connectivity index (χ3n) is 6.43. The molecule has 0 spiro atoms. The molecule has 6 heteroatoms. The second-order valence-corrected chi connectivity index (χ2v) is 8.47. The lowest BCUT2D eigenvalue weighted by Crippen LogP contribution is -2.45. The molecule has 1 saturated heterocycles. The van der Waals surface area contributed by atoms with Crippen LogP contribution in [-0.4, -0.2) is 43.7 Å². The zero-order chi connectivity index (χ0) is 22.8.